The molecule has 2 saturated heterocycles. The van der Waals surface area contributed by atoms with Crippen molar-refractivity contribution in [3.63, 3.8) is 0 Å². The van der Waals surface area contributed by atoms with Gasteiger partial charge < -0.3 is 29.7 Å². The summed E-state index contributed by atoms with van der Waals surface area (Å²) in [5, 5.41) is 5.35. The highest BCUT2D eigenvalue weighted by Crippen LogP contribution is 2.35. The Morgan fingerprint density at radius 2 is 1.69 bits per heavy atom. The van der Waals surface area contributed by atoms with Crippen LogP contribution in [0.3, 0.4) is 0 Å². The molecule has 0 atom stereocenters. The summed E-state index contributed by atoms with van der Waals surface area (Å²) in [6.07, 6.45) is 1.53. The van der Waals surface area contributed by atoms with Gasteiger partial charge >= 0.3 is 0 Å². The number of nitrogens with one attached hydrogen (secondary N) is 2. The first-order chi connectivity index (χ1) is 21.7. The fourth-order valence-corrected chi connectivity index (χ4v) is 5.78. The van der Waals surface area contributed by atoms with Gasteiger partial charge in [0.15, 0.2) is 18.1 Å². The molecular formula is C31H28BrClN4O7S. The van der Waals surface area contributed by atoms with Gasteiger partial charge in [0, 0.05) is 34.6 Å². The zero-order valence-corrected chi connectivity index (χ0v) is 27.2. The minimum atomic E-state index is -0.577. The molecule has 2 aliphatic rings. The summed E-state index contributed by atoms with van der Waals surface area (Å²) in [6.45, 7) is 2.23. The van der Waals surface area contributed by atoms with Crippen molar-refractivity contribution in [3.05, 3.63) is 80.6 Å². The molecule has 5 rings (SSSR count). The number of anilines is 3. The number of benzene rings is 3. The van der Waals surface area contributed by atoms with Gasteiger partial charge in [0.05, 0.1) is 30.3 Å². The fraction of sp³-hybridized carbons (Fsp3) is 0.226. The lowest BCUT2D eigenvalue weighted by atomic mass is 10.2. The van der Waals surface area contributed by atoms with Gasteiger partial charge in [-0.3, -0.25) is 24.1 Å². The SMILES string of the molecule is COc1cc(/C=C2/SC(=O)N(CC(=O)Nc3ccc(N4CCOCC4)cc3)C2=O)ccc1OCC(=O)Nc1ccc(Br)c(Cl)c1. The topological polar surface area (TPSA) is 127 Å². The Kier molecular flexibility index (Phi) is 10.7. The molecule has 11 nitrogen and oxygen atoms in total. The standard InChI is InChI=1S/C31H28BrClN4O7S/c1-42-26-14-19(2-9-25(26)44-18-29(39)35-21-5-8-23(32)24(33)16-21)15-27-30(40)37(31(41)45-27)17-28(38)34-20-3-6-22(7-4-20)36-10-12-43-13-11-36/h2-9,14-16H,10-13,17-18H2,1H3,(H,34,38)(H,35,39)/b27-15+. The van der Waals surface area contributed by atoms with E-state index in [4.69, 9.17) is 25.8 Å². The number of amides is 4. The number of thioether (sulfide) groups is 1. The van der Waals surface area contributed by atoms with E-state index in [0.29, 0.717) is 51.1 Å². The van der Waals surface area contributed by atoms with Crippen molar-refractivity contribution in [2.45, 2.75) is 0 Å². The smallest absolute Gasteiger partial charge is 0.294 e. The molecule has 2 heterocycles. The van der Waals surface area contributed by atoms with Gasteiger partial charge in [-0.2, -0.15) is 0 Å². The quantitative estimate of drug-likeness (QED) is 0.257. The van der Waals surface area contributed by atoms with Crippen LogP contribution in [0.1, 0.15) is 5.56 Å². The molecule has 234 valence electrons. The number of rotatable bonds is 10. The van der Waals surface area contributed by atoms with E-state index < -0.39 is 29.5 Å². The molecular weight excluding hydrogens is 688 g/mol. The molecule has 0 aliphatic carbocycles. The number of imide groups is 1. The van der Waals surface area contributed by atoms with Crippen molar-refractivity contribution in [1.82, 2.24) is 4.90 Å². The second-order valence-corrected chi connectivity index (χ2v) is 12.1. The van der Waals surface area contributed by atoms with Crippen molar-refractivity contribution in [2.24, 2.45) is 0 Å². The molecule has 2 fully saturated rings. The van der Waals surface area contributed by atoms with E-state index >= 15 is 0 Å². The largest absolute Gasteiger partial charge is 0.493 e. The lowest BCUT2D eigenvalue weighted by molar-refractivity contribution is -0.127. The van der Waals surface area contributed by atoms with E-state index in [1.165, 1.54) is 13.2 Å². The average Bonchev–Trinajstić information content (AvgIpc) is 3.29. The third-order valence-electron chi connectivity index (χ3n) is 6.75. The highest BCUT2D eigenvalue weighted by molar-refractivity contribution is 9.10. The molecule has 0 aromatic heterocycles. The van der Waals surface area contributed by atoms with Crippen LogP contribution < -0.4 is 25.0 Å². The monoisotopic (exact) mass is 714 g/mol. The summed E-state index contributed by atoms with van der Waals surface area (Å²) in [4.78, 5) is 54.0. The van der Waals surface area contributed by atoms with Crippen molar-refractivity contribution in [3.8, 4) is 11.5 Å². The summed E-state index contributed by atoms with van der Waals surface area (Å²) in [5.74, 6) is -0.843. The van der Waals surface area contributed by atoms with Gasteiger partial charge in [0.2, 0.25) is 5.91 Å². The molecule has 0 bridgehead atoms. The van der Waals surface area contributed by atoms with Crippen molar-refractivity contribution in [1.29, 1.82) is 0 Å². The van der Waals surface area contributed by atoms with Crippen LogP contribution in [0.2, 0.25) is 5.02 Å². The molecule has 2 N–H and O–H groups in total. The van der Waals surface area contributed by atoms with E-state index in [1.807, 2.05) is 12.1 Å². The molecule has 45 heavy (non-hydrogen) atoms. The number of hydrogen-bond acceptors (Lipinski definition) is 9. The summed E-state index contributed by atoms with van der Waals surface area (Å²) >= 11 is 10.1. The van der Waals surface area contributed by atoms with Gasteiger partial charge in [0.25, 0.3) is 17.1 Å². The Bertz CT molecular complexity index is 1650. The van der Waals surface area contributed by atoms with Crippen LogP contribution in [0, 0.1) is 0 Å². The highest BCUT2D eigenvalue weighted by Gasteiger charge is 2.36. The third-order valence-corrected chi connectivity index (χ3v) is 8.89. The van der Waals surface area contributed by atoms with Gasteiger partial charge in [-0.25, -0.2) is 0 Å². The second kappa shape index (κ2) is 14.8. The lowest BCUT2D eigenvalue weighted by Crippen LogP contribution is -2.36. The number of methoxy groups -OCH3 is 1. The van der Waals surface area contributed by atoms with E-state index in [9.17, 15) is 19.2 Å². The Morgan fingerprint density at radius 3 is 2.40 bits per heavy atom. The highest BCUT2D eigenvalue weighted by atomic mass is 79.9. The molecule has 3 aromatic carbocycles. The molecule has 0 unspecified atom stereocenters. The molecule has 0 spiro atoms. The van der Waals surface area contributed by atoms with Crippen LogP contribution in [0.5, 0.6) is 11.5 Å². The van der Waals surface area contributed by atoms with Crippen LogP contribution in [0.15, 0.2) is 70.0 Å². The first kappa shape index (κ1) is 32.4. The maximum Gasteiger partial charge on any atom is 0.294 e. The predicted octanol–water partition coefficient (Wildman–Crippen LogP) is 5.64. The number of nitrogens with zero attached hydrogens (tertiary/aromatic N) is 2. The lowest BCUT2D eigenvalue weighted by Gasteiger charge is -2.28. The molecule has 3 aromatic rings. The Balaban J connectivity index is 1.16. The number of ether oxygens (including phenoxy) is 3. The molecule has 0 radical (unpaired) electrons. The van der Waals surface area contributed by atoms with Crippen molar-refractivity contribution in [2.75, 3.05) is 62.1 Å². The molecule has 0 saturated carbocycles. The number of morpholine rings is 1. The van der Waals surface area contributed by atoms with Crippen LogP contribution in [-0.2, 0) is 19.1 Å². The molecule has 2 aliphatic heterocycles. The first-order valence-electron chi connectivity index (χ1n) is 13.7. The minimum Gasteiger partial charge on any atom is -0.493 e. The normalized spacial score (nSPS) is 15.8. The number of halogens is 2. The first-order valence-corrected chi connectivity index (χ1v) is 15.7. The summed E-state index contributed by atoms with van der Waals surface area (Å²) in [7, 11) is 1.44. The average molecular weight is 716 g/mol. The fourth-order valence-electron chi connectivity index (χ4n) is 4.52. The van der Waals surface area contributed by atoms with Crippen LogP contribution in [-0.4, -0.2) is 74.4 Å². The minimum absolute atomic E-state index is 0.158. The Morgan fingerprint density at radius 1 is 0.978 bits per heavy atom. The zero-order valence-electron chi connectivity index (χ0n) is 24.0. The van der Waals surface area contributed by atoms with Crippen LogP contribution in [0.4, 0.5) is 21.9 Å². The Hall–Kier alpha value is -4.04. The summed E-state index contributed by atoms with van der Waals surface area (Å²) < 4.78 is 17.1. The maximum absolute atomic E-state index is 13.0. The number of carbonyl (C=O) groups excluding carboxylic acids is 4. The molecule has 4 amide bonds. The van der Waals surface area contributed by atoms with Gasteiger partial charge in [-0.05, 0) is 93.9 Å². The van der Waals surface area contributed by atoms with E-state index in [-0.39, 0.29) is 11.5 Å². The van der Waals surface area contributed by atoms with E-state index in [1.54, 1.807) is 48.5 Å². The van der Waals surface area contributed by atoms with Gasteiger partial charge in [-0.15, -0.1) is 0 Å². The van der Waals surface area contributed by atoms with Crippen molar-refractivity contribution < 1.29 is 33.4 Å². The van der Waals surface area contributed by atoms with Crippen molar-refractivity contribution >= 4 is 85.4 Å². The predicted molar refractivity (Wildman–Crippen MR) is 177 cm³/mol. The maximum atomic E-state index is 13.0. The number of hydrogen-bond donors (Lipinski definition) is 2. The Labute approximate surface area is 276 Å². The zero-order chi connectivity index (χ0) is 31.9. The van der Waals surface area contributed by atoms with Gasteiger partial charge in [0.1, 0.15) is 6.54 Å². The summed E-state index contributed by atoms with van der Waals surface area (Å²) in [6, 6.07) is 17.3. The second-order valence-electron chi connectivity index (χ2n) is 9.84. The van der Waals surface area contributed by atoms with E-state index in [0.717, 1.165) is 35.4 Å². The molecule has 14 heteroatoms. The number of carbonyl (C=O) groups is 4. The van der Waals surface area contributed by atoms with E-state index in [2.05, 4.69) is 31.5 Å². The van der Waals surface area contributed by atoms with Crippen LogP contribution >= 0.6 is 39.3 Å². The third kappa shape index (κ3) is 8.37. The summed E-state index contributed by atoms with van der Waals surface area (Å²) in [5.41, 5.74) is 2.66. The van der Waals surface area contributed by atoms with Crippen LogP contribution in [0.25, 0.3) is 6.08 Å². The van der Waals surface area contributed by atoms with Gasteiger partial charge in [-0.1, -0.05) is 17.7 Å².